The molecule has 0 spiro atoms. The highest BCUT2D eigenvalue weighted by Gasteiger charge is 2.22. The van der Waals surface area contributed by atoms with Gasteiger partial charge in [0.2, 0.25) is 0 Å². The van der Waals surface area contributed by atoms with Crippen LogP contribution >= 0.6 is 11.6 Å². The van der Waals surface area contributed by atoms with E-state index in [2.05, 4.69) is 10.3 Å². The molecule has 1 aliphatic heterocycles. The summed E-state index contributed by atoms with van der Waals surface area (Å²) in [5.41, 5.74) is 2.74. The van der Waals surface area contributed by atoms with E-state index in [1.165, 1.54) is 6.20 Å². The second-order valence-corrected chi connectivity index (χ2v) is 7.00. The van der Waals surface area contributed by atoms with Gasteiger partial charge in [0.25, 0.3) is 11.8 Å². The van der Waals surface area contributed by atoms with E-state index < -0.39 is 0 Å². The molecule has 146 valence electrons. The molecule has 7 heteroatoms. The minimum atomic E-state index is -0.352. The number of benzene rings is 2. The van der Waals surface area contributed by atoms with Crippen LogP contribution in [0.25, 0.3) is 0 Å². The molecular weight excluding hydrogens is 390 g/mol. The lowest BCUT2D eigenvalue weighted by molar-refractivity contribution is -0.133. The number of pyridine rings is 1. The van der Waals surface area contributed by atoms with Crippen molar-refractivity contribution in [1.29, 1.82) is 0 Å². The molecule has 0 bridgehead atoms. The van der Waals surface area contributed by atoms with Crippen LogP contribution in [-0.2, 0) is 17.9 Å². The Labute approximate surface area is 173 Å². The second-order valence-electron chi connectivity index (χ2n) is 6.64. The van der Waals surface area contributed by atoms with Gasteiger partial charge in [0.05, 0.1) is 5.56 Å². The molecule has 0 unspecified atom stereocenters. The number of fused-ring (bicyclic) bond motifs is 1. The Morgan fingerprint density at radius 3 is 2.76 bits per heavy atom. The van der Waals surface area contributed by atoms with Crippen LogP contribution in [0.5, 0.6) is 5.75 Å². The number of rotatable bonds is 4. The fourth-order valence-corrected chi connectivity index (χ4v) is 3.35. The SMILES string of the molecule is O=C(Nc1ccc2c(c1)CN(Cc1ccccc1)C(=O)CO2)c1cccnc1Cl. The van der Waals surface area contributed by atoms with Crippen LogP contribution in [0.15, 0.2) is 66.9 Å². The standard InChI is InChI=1S/C22H18ClN3O3/c23-21-18(7-4-10-24-21)22(28)25-17-8-9-19-16(11-17)13-26(20(27)14-29-19)12-15-5-2-1-3-6-15/h1-11H,12-14H2,(H,25,28). The van der Waals surface area contributed by atoms with E-state index in [1.807, 2.05) is 36.4 Å². The quantitative estimate of drug-likeness (QED) is 0.665. The van der Waals surface area contributed by atoms with Gasteiger partial charge in [0.15, 0.2) is 6.61 Å². The molecule has 1 aliphatic rings. The smallest absolute Gasteiger partial charge is 0.261 e. The summed E-state index contributed by atoms with van der Waals surface area (Å²) in [6, 6.07) is 18.4. The number of hydrogen-bond donors (Lipinski definition) is 1. The van der Waals surface area contributed by atoms with Gasteiger partial charge in [0.1, 0.15) is 10.9 Å². The lowest BCUT2D eigenvalue weighted by Gasteiger charge is -2.20. The number of aromatic nitrogens is 1. The molecule has 6 nitrogen and oxygen atoms in total. The average molecular weight is 408 g/mol. The third-order valence-electron chi connectivity index (χ3n) is 4.60. The maximum absolute atomic E-state index is 12.5. The third-order valence-corrected chi connectivity index (χ3v) is 4.90. The van der Waals surface area contributed by atoms with Crippen LogP contribution < -0.4 is 10.1 Å². The molecule has 2 aromatic carbocycles. The van der Waals surface area contributed by atoms with Crippen molar-refractivity contribution >= 4 is 29.1 Å². The summed E-state index contributed by atoms with van der Waals surface area (Å²) in [4.78, 5) is 30.6. The first-order valence-electron chi connectivity index (χ1n) is 9.09. The number of carbonyl (C=O) groups is 2. The highest BCUT2D eigenvalue weighted by atomic mass is 35.5. The van der Waals surface area contributed by atoms with Gasteiger partial charge >= 0.3 is 0 Å². The van der Waals surface area contributed by atoms with Crippen molar-refractivity contribution in [3.05, 3.63) is 88.7 Å². The van der Waals surface area contributed by atoms with Crippen molar-refractivity contribution in [2.75, 3.05) is 11.9 Å². The van der Waals surface area contributed by atoms with Crippen molar-refractivity contribution in [1.82, 2.24) is 9.88 Å². The van der Waals surface area contributed by atoms with E-state index in [4.69, 9.17) is 16.3 Å². The van der Waals surface area contributed by atoms with E-state index in [1.54, 1.807) is 29.2 Å². The monoisotopic (exact) mass is 407 g/mol. The number of nitrogens with zero attached hydrogens (tertiary/aromatic N) is 2. The molecule has 0 atom stereocenters. The zero-order chi connectivity index (χ0) is 20.2. The topological polar surface area (TPSA) is 71.5 Å². The minimum Gasteiger partial charge on any atom is -0.483 e. The molecular formula is C22H18ClN3O3. The zero-order valence-electron chi connectivity index (χ0n) is 15.5. The zero-order valence-corrected chi connectivity index (χ0v) is 16.2. The fourth-order valence-electron chi connectivity index (χ4n) is 3.15. The van der Waals surface area contributed by atoms with Gasteiger partial charge in [0, 0.05) is 30.5 Å². The highest BCUT2D eigenvalue weighted by molar-refractivity contribution is 6.33. The molecule has 0 radical (unpaired) electrons. The summed E-state index contributed by atoms with van der Waals surface area (Å²) < 4.78 is 5.66. The number of hydrogen-bond acceptors (Lipinski definition) is 4. The first kappa shape index (κ1) is 19.0. The maximum atomic E-state index is 12.5. The first-order chi connectivity index (χ1) is 14.1. The van der Waals surface area contributed by atoms with Crippen molar-refractivity contribution in [2.24, 2.45) is 0 Å². The number of anilines is 1. The van der Waals surface area contributed by atoms with Gasteiger partial charge in [-0.3, -0.25) is 9.59 Å². The van der Waals surface area contributed by atoms with Crippen LogP contribution in [0.4, 0.5) is 5.69 Å². The molecule has 2 amide bonds. The van der Waals surface area contributed by atoms with Crippen molar-refractivity contribution < 1.29 is 14.3 Å². The molecule has 2 heterocycles. The second kappa shape index (κ2) is 8.32. The molecule has 3 aromatic rings. The molecule has 4 rings (SSSR count). The van der Waals surface area contributed by atoms with Gasteiger partial charge in [-0.15, -0.1) is 0 Å². The van der Waals surface area contributed by atoms with Gasteiger partial charge in [-0.1, -0.05) is 41.9 Å². The number of amides is 2. The molecule has 29 heavy (non-hydrogen) atoms. The first-order valence-corrected chi connectivity index (χ1v) is 9.47. The third kappa shape index (κ3) is 4.38. The van der Waals surface area contributed by atoms with Crippen molar-refractivity contribution in [2.45, 2.75) is 13.1 Å². The summed E-state index contributed by atoms with van der Waals surface area (Å²) in [5, 5.41) is 2.96. The Morgan fingerprint density at radius 2 is 1.97 bits per heavy atom. The van der Waals surface area contributed by atoms with Crippen molar-refractivity contribution in [3.63, 3.8) is 0 Å². The fraction of sp³-hybridized carbons (Fsp3) is 0.136. The molecule has 1 aromatic heterocycles. The summed E-state index contributed by atoms with van der Waals surface area (Å²) in [6.45, 7) is 0.863. The minimum absolute atomic E-state index is 0.0170. The summed E-state index contributed by atoms with van der Waals surface area (Å²) in [6.07, 6.45) is 1.52. The van der Waals surface area contributed by atoms with Gasteiger partial charge in [-0.2, -0.15) is 0 Å². The predicted molar refractivity (Wildman–Crippen MR) is 110 cm³/mol. The molecule has 1 N–H and O–H groups in total. The normalized spacial score (nSPS) is 13.3. The Balaban J connectivity index is 1.54. The van der Waals surface area contributed by atoms with Crippen LogP contribution in [0.3, 0.4) is 0 Å². The number of nitrogens with one attached hydrogen (secondary N) is 1. The predicted octanol–water partition coefficient (Wildman–Crippen LogP) is 3.91. The van der Waals surface area contributed by atoms with Gasteiger partial charge in [-0.05, 0) is 35.9 Å². The van der Waals surface area contributed by atoms with Gasteiger partial charge in [-0.25, -0.2) is 4.98 Å². The van der Waals surface area contributed by atoms with E-state index in [0.29, 0.717) is 30.1 Å². The van der Waals surface area contributed by atoms with Crippen molar-refractivity contribution in [3.8, 4) is 5.75 Å². The number of halogens is 1. The van der Waals surface area contributed by atoms with E-state index in [0.717, 1.165) is 11.1 Å². The molecule has 0 saturated heterocycles. The summed E-state index contributed by atoms with van der Waals surface area (Å²) >= 11 is 6.00. The molecule has 0 saturated carbocycles. The van der Waals surface area contributed by atoms with E-state index >= 15 is 0 Å². The lowest BCUT2D eigenvalue weighted by atomic mass is 10.1. The van der Waals surface area contributed by atoms with Crippen LogP contribution in [0.2, 0.25) is 5.15 Å². The Hall–Kier alpha value is -3.38. The Morgan fingerprint density at radius 1 is 1.14 bits per heavy atom. The maximum Gasteiger partial charge on any atom is 0.261 e. The van der Waals surface area contributed by atoms with Gasteiger partial charge < -0.3 is 15.0 Å². The van der Waals surface area contributed by atoms with E-state index in [9.17, 15) is 9.59 Å². The molecule has 0 aliphatic carbocycles. The number of carbonyl (C=O) groups excluding carboxylic acids is 2. The van der Waals surface area contributed by atoms with Crippen LogP contribution in [0, 0.1) is 0 Å². The Kier molecular flexibility index (Phi) is 5.44. The van der Waals surface area contributed by atoms with E-state index in [-0.39, 0.29) is 23.6 Å². The Bertz CT molecular complexity index is 1060. The highest BCUT2D eigenvalue weighted by Crippen LogP contribution is 2.28. The number of ether oxygens (including phenoxy) is 1. The average Bonchev–Trinajstić information content (AvgIpc) is 2.88. The van der Waals surface area contributed by atoms with Crippen LogP contribution in [0.1, 0.15) is 21.5 Å². The molecule has 0 fully saturated rings. The summed E-state index contributed by atoms with van der Waals surface area (Å²) in [5.74, 6) is 0.193. The largest absolute Gasteiger partial charge is 0.483 e. The van der Waals surface area contributed by atoms with Crippen LogP contribution in [-0.4, -0.2) is 28.3 Å². The summed E-state index contributed by atoms with van der Waals surface area (Å²) in [7, 11) is 0. The lowest BCUT2D eigenvalue weighted by Crippen LogP contribution is -2.31.